The molecular weight excluding hydrogens is 314 g/mol. The van der Waals surface area contributed by atoms with Crippen LogP contribution < -0.4 is 5.32 Å². The Morgan fingerprint density at radius 2 is 2.14 bits per heavy atom. The molecule has 0 unspecified atom stereocenters. The fourth-order valence-electron chi connectivity index (χ4n) is 2.15. The van der Waals surface area contributed by atoms with E-state index in [-0.39, 0.29) is 5.91 Å². The number of thiophene rings is 1. The van der Waals surface area contributed by atoms with E-state index in [2.05, 4.69) is 16.8 Å². The third-order valence-corrected chi connectivity index (χ3v) is 5.02. The minimum atomic E-state index is -0.0387. The summed E-state index contributed by atoms with van der Waals surface area (Å²) in [4.78, 5) is 14.4. The highest BCUT2D eigenvalue weighted by Crippen LogP contribution is 2.26. The number of carbonyl (C=O) groups is 1. The molecule has 0 radical (unpaired) electrons. The quantitative estimate of drug-likeness (QED) is 0.692. The molecule has 112 valence electrons. The summed E-state index contributed by atoms with van der Waals surface area (Å²) in [6.45, 7) is 0.532. The Hall–Kier alpha value is -1.98. The number of hydrogen-bond acceptors (Lipinski definition) is 4. The Morgan fingerprint density at radius 1 is 1.27 bits per heavy atom. The van der Waals surface area contributed by atoms with Gasteiger partial charge in [0.25, 0.3) is 5.91 Å². The monoisotopic (exact) mass is 329 g/mol. The van der Waals surface area contributed by atoms with Gasteiger partial charge < -0.3 is 9.73 Å². The molecular formula is C17H15NO2S2. The van der Waals surface area contributed by atoms with Crippen LogP contribution in [0.3, 0.4) is 0 Å². The van der Waals surface area contributed by atoms with Crippen LogP contribution in [0, 0.1) is 0 Å². The van der Waals surface area contributed by atoms with Gasteiger partial charge in [-0.25, -0.2) is 0 Å². The molecule has 1 aromatic carbocycles. The van der Waals surface area contributed by atoms with Gasteiger partial charge in [0.15, 0.2) is 0 Å². The van der Waals surface area contributed by atoms with Crippen LogP contribution >= 0.6 is 23.1 Å². The number of furan rings is 1. The van der Waals surface area contributed by atoms with Crippen molar-refractivity contribution < 1.29 is 9.21 Å². The summed E-state index contributed by atoms with van der Waals surface area (Å²) in [5.41, 5.74) is 2.90. The van der Waals surface area contributed by atoms with Crippen LogP contribution in [0.2, 0.25) is 0 Å². The molecule has 2 heterocycles. The summed E-state index contributed by atoms with van der Waals surface area (Å²) in [6, 6.07) is 11.7. The average Bonchev–Trinajstić information content (AvgIpc) is 3.23. The first kappa shape index (κ1) is 14.9. The zero-order valence-corrected chi connectivity index (χ0v) is 13.7. The Balaban J connectivity index is 1.66. The predicted molar refractivity (Wildman–Crippen MR) is 91.4 cm³/mol. The number of nitrogens with one attached hydrogen (secondary N) is 1. The van der Waals surface area contributed by atoms with Gasteiger partial charge in [-0.05, 0) is 41.5 Å². The number of thioether (sulfide) groups is 1. The Morgan fingerprint density at radius 3 is 2.91 bits per heavy atom. The van der Waals surface area contributed by atoms with E-state index in [4.69, 9.17) is 4.42 Å². The highest BCUT2D eigenvalue weighted by Gasteiger charge is 2.10. The van der Waals surface area contributed by atoms with Crippen LogP contribution in [0.15, 0.2) is 63.6 Å². The molecule has 0 aliphatic heterocycles. The average molecular weight is 329 g/mol. The van der Waals surface area contributed by atoms with E-state index >= 15 is 0 Å². The second-order valence-corrected chi connectivity index (χ2v) is 6.54. The summed E-state index contributed by atoms with van der Waals surface area (Å²) in [7, 11) is 0. The lowest BCUT2D eigenvalue weighted by molar-refractivity contribution is 0.0948. The van der Waals surface area contributed by atoms with Gasteiger partial charge in [-0.2, -0.15) is 0 Å². The second-order valence-electron chi connectivity index (χ2n) is 4.70. The van der Waals surface area contributed by atoms with Crippen LogP contribution in [0.5, 0.6) is 0 Å². The van der Waals surface area contributed by atoms with E-state index in [1.807, 2.05) is 36.6 Å². The molecule has 0 fully saturated rings. The van der Waals surface area contributed by atoms with Crippen LogP contribution in [-0.4, -0.2) is 12.2 Å². The van der Waals surface area contributed by atoms with E-state index in [0.717, 1.165) is 26.5 Å². The molecule has 0 saturated carbocycles. The smallest absolute Gasteiger partial charge is 0.252 e. The predicted octanol–water partition coefficient (Wildman–Crippen LogP) is 4.66. The van der Waals surface area contributed by atoms with Crippen LogP contribution in [-0.2, 0) is 6.54 Å². The summed E-state index contributed by atoms with van der Waals surface area (Å²) in [5, 5.41) is 5.05. The lowest BCUT2D eigenvalue weighted by atomic mass is 10.2. The molecule has 3 rings (SSSR count). The van der Waals surface area contributed by atoms with E-state index in [1.165, 1.54) is 0 Å². The minimum Gasteiger partial charge on any atom is -0.472 e. The molecule has 5 heteroatoms. The number of benzene rings is 1. The van der Waals surface area contributed by atoms with Gasteiger partial charge in [0.05, 0.1) is 24.6 Å². The van der Waals surface area contributed by atoms with Crippen molar-refractivity contribution in [2.24, 2.45) is 0 Å². The van der Waals surface area contributed by atoms with Crippen LogP contribution in [0.4, 0.5) is 0 Å². The van der Waals surface area contributed by atoms with Crippen molar-refractivity contribution >= 4 is 29.0 Å². The lowest BCUT2D eigenvalue weighted by Gasteiger charge is -2.07. The first-order valence-corrected chi connectivity index (χ1v) is 8.89. The molecule has 22 heavy (non-hydrogen) atoms. The van der Waals surface area contributed by atoms with Crippen molar-refractivity contribution in [2.75, 3.05) is 6.26 Å². The minimum absolute atomic E-state index is 0.0387. The van der Waals surface area contributed by atoms with Crippen LogP contribution in [0.1, 0.15) is 15.2 Å². The molecule has 1 N–H and O–H groups in total. The van der Waals surface area contributed by atoms with Gasteiger partial charge in [0.2, 0.25) is 0 Å². The number of rotatable bonds is 5. The van der Waals surface area contributed by atoms with E-state index < -0.39 is 0 Å². The molecule has 2 aromatic heterocycles. The molecule has 0 saturated heterocycles. The summed E-state index contributed by atoms with van der Waals surface area (Å²) in [6.07, 6.45) is 5.36. The Labute approximate surface area is 137 Å². The van der Waals surface area contributed by atoms with Crippen LogP contribution in [0.25, 0.3) is 11.1 Å². The summed E-state index contributed by atoms with van der Waals surface area (Å²) < 4.78 is 5.09. The van der Waals surface area contributed by atoms with E-state index in [9.17, 15) is 4.79 Å². The first-order valence-electron chi connectivity index (χ1n) is 6.79. The maximum atomic E-state index is 12.3. The maximum Gasteiger partial charge on any atom is 0.252 e. The van der Waals surface area contributed by atoms with Gasteiger partial charge in [0.1, 0.15) is 0 Å². The van der Waals surface area contributed by atoms with Gasteiger partial charge in [-0.1, -0.05) is 12.1 Å². The van der Waals surface area contributed by atoms with Crippen molar-refractivity contribution in [3.63, 3.8) is 0 Å². The van der Waals surface area contributed by atoms with Gasteiger partial charge in [-0.15, -0.1) is 23.1 Å². The van der Waals surface area contributed by atoms with E-state index in [0.29, 0.717) is 6.54 Å². The third-order valence-electron chi connectivity index (χ3n) is 3.28. The van der Waals surface area contributed by atoms with Gasteiger partial charge in [-0.3, -0.25) is 4.79 Å². The zero-order chi connectivity index (χ0) is 15.4. The largest absolute Gasteiger partial charge is 0.472 e. The van der Waals surface area contributed by atoms with Gasteiger partial charge >= 0.3 is 0 Å². The third kappa shape index (κ3) is 3.26. The van der Waals surface area contributed by atoms with Gasteiger partial charge in [0, 0.05) is 15.3 Å². The number of amides is 1. The number of carbonyl (C=O) groups excluding carboxylic acids is 1. The lowest BCUT2D eigenvalue weighted by Crippen LogP contribution is -2.22. The standard InChI is InChI=1S/C17H15NO2S2/c1-21-16-5-3-2-4-15(16)17(19)18-9-14-8-13(11-22-14)12-6-7-20-10-12/h2-8,10-11H,9H2,1H3,(H,18,19). The zero-order valence-electron chi connectivity index (χ0n) is 12.0. The molecule has 0 bridgehead atoms. The SMILES string of the molecule is CSc1ccccc1C(=O)NCc1cc(-c2ccoc2)cs1. The molecule has 0 aliphatic rings. The molecule has 0 atom stereocenters. The van der Waals surface area contributed by atoms with Crippen molar-refractivity contribution in [1.82, 2.24) is 5.32 Å². The van der Waals surface area contributed by atoms with Crippen molar-refractivity contribution in [3.05, 3.63) is 64.7 Å². The fraction of sp³-hybridized carbons (Fsp3) is 0.118. The highest BCUT2D eigenvalue weighted by molar-refractivity contribution is 7.98. The highest BCUT2D eigenvalue weighted by atomic mass is 32.2. The topological polar surface area (TPSA) is 42.2 Å². The molecule has 3 aromatic rings. The molecule has 0 aliphatic carbocycles. The molecule has 0 spiro atoms. The Bertz CT molecular complexity index is 763. The maximum absolute atomic E-state index is 12.3. The van der Waals surface area contributed by atoms with Crippen molar-refractivity contribution in [1.29, 1.82) is 0 Å². The molecule has 3 nitrogen and oxygen atoms in total. The van der Waals surface area contributed by atoms with Crippen molar-refractivity contribution in [3.8, 4) is 11.1 Å². The summed E-state index contributed by atoms with van der Waals surface area (Å²) in [5.74, 6) is -0.0387. The molecule has 1 amide bonds. The fourth-order valence-corrected chi connectivity index (χ4v) is 3.58. The normalized spacial score (nSPS) is 10.6. The van der Waals surface area contributed by atoms with E-state index in [1.54, 1.807) is 35.6 Å². The Kier molecular flexibility index (Phi) is 4.65. The second kappa shape index (κ2) is 6.85. The first-order chi connectivity index (χ1) is 10.8. The summed E-state index contributed by atoms with van der Waals surface area (Å²) >= 11 is 3.21. The number of hydrogen-bond donors (Lipinski definition) is 1. The van der Waals surface area contributed by atoms with Crippen molar-refractivity contribution in [2.45, 2.75) is 11.4 Å².